The summed E-state index contributed by atoms with van der Waals surface area (Å²) < 4.78 is 20.1. The van der Waals surface area contributed by atoms with E-state index in [4.69, 9.17) is 9.84 Å². The van der Waals surface area contributed by atoms with Gasteiger partial charge in [-0.3, -0.25) is 4.79 Å². The number of anilines is 1. The van der Waals surface area contributed by atoms with Gasteiger partial charge in [0.15, 0.2) is 0 Å². The first-order valence-corrected chi connectivity index (χ1v) is 11.3. The largest absolute Gasteiger partial charge is 0.477 e. The van der Waals surface area contributed by atoms with E-state index in [1.165, 1.54) is 11.3 Å². The van der Waals surface area contributed by atoms with Gasteiger partial charge in [-0.25, -0.2) is 9.18 Å². The first kappa shape index (κ1) is 22.4. The summed E-state index contributed by atoms with van der Waals surface area (Å²) >= 11 is 1.17. The number of carboxylic acids is 1. The highest BCUT2D eigenvalue weighted by atomic mass is 32.1. The van der Waals surface area contributed by atoms with Crippen LogP contribution in [0.3, 0.4) is 0 Å². The number of unbranched alkanes of at least 4 members (excludes halogenated alkanes) is 2. The minimum Gasteiger partial charge on any atom is -0.477 e. The Morgan fingerprint density at radius 1 is 1.33 bits per heavy atom. The lowest BCUT2D eigenvalue weighted by Crippen LogP contribution is -2.36. The van der Waals surface area contributed by atoms with Crippen LogP contribution >= 0.6 is 11.3 Å². The molecule has 1 saturated heterocycles. The molecular weight excluding hydrogens is 405 g/mol. The van der Waals surface area contributed by atoms with Gasteiger partial charge in [0.05, 0.1) is 19.3 Å². The number of carbonyl (C=O) groups is 2. The molecule has 1 aromatic heterocycles. The summed E-state index contributed by atoms with van der Waals surface area (Å²) in [6.45, 7) is 2.78. The number of amides is 1. The molecule has 2 atom stereocenters. The molecule has 2 heterocycles. The number of aromatic carboxylic acids is 1. The van der Waals surface area contributed by atoms with E-state index in [1.807, 2.05) is 12.1 Å². The number of nitrogens with zero attached hydrogens (tertiary/aromatic N) is 1. The van der Waals surface area contributed by atoms with Crippen LogP contribution in [-0.4, -0.2) is 29.6 Å². The van der Waals surface area contributed by atoms with E-state index in [0.717, 1.165) is 30.5 Å². The first-order valence-electron chi connectivity index (χ1n) is 10.4. The molecule has 0 saturated carbocycles. The predicted octanol–water partition coefficient (Wildman–Crippen LogP) is 5.75. The Bertz CT molecular complexity index is 851. The van der Waals surface area contributed by atoms with Crippen molar-refractivity contribution in [2.75, 3.05) is 11.5 Å². The third kappa shape index (κ3) is 5.67. The molecule has 7 heteroatoms. The first-order chi connectivity index (χ1) is 14.5. The van der Waals surface area contributed by atoms with Crippen molar-refractivity contribution in [1.29, 1.82) is 0 Å². The van der Waals surface area contributed by atoms with E-state index >= 15 is 0 Å². The molecular formula is C23H28FNO4S. The van der Waals surface area contributed by atoms with Gasteiger partial charge in [0.2, 0.25) is 5.91 Å². The van der Waals surface area contributed by atoms with Crippen molar-refractivity contribution in [1.82, 2.24) is 0 Å². The van der Waals surface area contributed by atoms with Gasteiger partial charge in [-0.2, -0.15) is 0 Å². The number of halogens is 1. The zero-order chi connectivity index (χ0) is 21.5. The number of thiophene rings is 1. The Balaban J connectivity index is 1.56. The van der Waals surface area contributed by atoms with Crippen molar-refractivity contribution in [2.45, 2.75) is 64.3 Å². The van der Waals surface area contributed by atoms with Crippen LogP contribution in [0.4, 0.5) is 10.1 Å². The van der Waals surface area contributed by atoms with Gasteiger partial charge in [-0.1, -0.05) is 38.3 Å². The molecule has 5 nitrogen and oxygen atoms in total. The summed E-state index contributed by atoms with van der Waals surface area (Å²) in [5.74, 6) is -0.900. The molecule has 0 unspecified atom stereocenters. The van der Waals surface area contributed by atoms with E-state index in [1.54, 1.807) is 28.5 Å². The fraction of sp³-hybridized carbons (Fsp3) is 0.478. The highest BCUT2D eigenvalue weighted by Crippen LogP contribution is 2.30. The Labute approximate surface area is 180 Å². The predicted molar refractivity (Wildman–Crippen MR) is 116 cm³/mol. The summed E-state index contributed by atoms with van der Waals surface area (Å²) in [5.41, 5.74) is 2.23. The van der Waals surface area contributed by atoms with Crippen LogP contribution in [0.25, 0.3) is 0 Å². The van der Waals surface area contributed by atoms with Crippen molar-refractivity contribution in [3.05, 3.63) is 51.7 Å². The van der Waals surface area contributed by atoms with Crippen LogP contribution in [0, 0.1) is 0 Å². The highest BCUT2D eigenvalue weighted by molar-refractivity contribution is 7.12. The zero-order valence-electron chi connectivity index (χ0n) is 17.2. The van der Waals surface area contributed by atoms with Crippen LogP contribution in [0.2, 0.25) is 0 Å². The second-order valence-corrected chi connectivity index (χ2v) is 8.56. The summed E-state index contributed by atoms with van der Waals surface area (Å²) in [7, 11) is 0. The number of ether oxygens (including phenoxy) is 1. The van der Waals surface area contributed by atoms with Crippen LogP contribution in [0.15, 0.2) is 35.7 Å². The Morgan fingerprint density at radius 2 is 2.10 bits per heavy atom. The molecule has 0 bridgehead atoms. The number of benzene rings is 1. The molecule has 1 N–H and O–H groups in total. The third-order valence-electron chi connectivity index (χ3n) is 5.36. The van der Waals surface area contributed by atoms with Crippen molar-refractivity contribution < 1.29 is 23.8 Å². The number of alkyl halides is 1. The third-order valence-corrected chi connectivity index (χ3v) is 6.33. The van der Waals surface area contributed by atoms with Crippen molar-refractivity contribution >= 4 is 28.9 Å². The molecule has 0 aliphatic carbocycles. The molecule has 0 spiro atoms. The van der Waals surface area contributed by atoms with Gasteiger partial charge in [0, 0.05) is 12.1 Å². The molecule has 3 rings (SSSR count). The van der Waals surface area contributed by atoms with Gasteiger partial charge >= 0.3 is 5.97 Å². The Hall–Kier alpha value is -2.25. The van der Waals surface area contributed by atoms with Crippen molar-refractivity contribution in [3.8, 4) is 0 Å². The standard InChI is InChI=1S/C23H28FNO4S/c1-2-3-4-5-20(24)17-6-8-18(9-7-17)25-19(10-11-22(25)26)14-29-13-16-12-21(23(27)28)30-15-16/h6-9,12,15,19-20H,2-5,10-11,13-14H2,1H3,(H,27,28)/t19-,20-/m1/s1. The molecule has 1 fully saturated rings. The quantitative estimate of drug-likeness (QED) is 0.458. The summed E-state index contributed by atoms with van der Waals surface area (Å²) in [5, 5.41) is 10.8. The van der Waals surface area contributed by atoms with Gasteiger partial charge in [-0.05, 0) is 47.5 Å². The number of carbonyl (C=O) groups excluding carboxylic acids is 1. The number of hydrogen-bond donors (Lipinski definition) is 1. The molecule has 2 aromatic rings. The Morgan fingerprint density at radius 3 is 2.77 bits per heavy atom. The molecule has 0 radical (unpaired) electrons. The molecule has 1 aliphatic rings. The number of rotatable bonds is 11. The van der Waals surface area contributed by atoms with Gasteiger partial charge in [-0.15, -0.1) is 11.3 Å². The maximum atomic E-state index is 14.4. The van der Waals surface area contributed by atoms with Gasteiger partial charge in [0.1, 0.15) is 11.0 Å². The summed E-state index contributed by atoms with van der Waals surface area (Å²) in [4.78, 5) is 25.4. The fourth-order valence-corrected chi connectivity index (χ4v) is 4.45. The Kier molecular flexibility index (Phi) is 7.99. The molecule has 1 aromatic carbocycles. The summed E-state index contributed by atoms with van der Waals surface area (Å²) in [6.07, 6.45) is 3.69. The van der Waals surface area contributed by atoms with Crippen LogP contribution in [-0.2, 0) is 16.1 Å². The molecule has 1 aliphatic heterocycles. The van der Waals surface area contributed by atoms with Crippen molar-refractivity contribution in [3.63, 3.8) is 0 Å². The van der Waals surface area contributed by atoms with E-state index in [9.17, 15) is 14.0 Å². The zero-order valence-corrected chi connectivity index (χ0v) is 18.0. The van der Waals surface area contributed by atoms with Gasteiger partial charge < -0.3 is 14.7 Å². The summed E-state index contributed by atoms with van der Waals surface area (Å²) in [6, 6.07) is 8.71. The second kappa shape index (κ2) is 10.7. The maximum Gasteiger partial charge on any atom is 0.345 e. The van der Waals surface area contributed by atoms with Gasteiger partial charge in [0.25, 0.3) is 0 Å². The lowest BCUT2D eigenvalue weighted by atomic mass is 10.0. The topological polar surface area (TPSA) is 66.8 Å². The smallest absolute Gasteiger partial charge is 0.345 e. The van der Waals surface area contributed by atoms with Crippen molar-refractivity contribution in [2.24, 2.45) is 0 Å². The second-order valence-electron chi connectivity index (χ2n) is 7.65. The average Bonchev–Trinajstić information content (AvgIpc) is 3.35. The van der Waals surface area contributed by atoms with E-state index in [2.05, 4.69) is 6.92 Å². The number of hydrogen-bond acceptors (Lipinski definition) is 4. The van der Waals surface area contributed by atoms with Crippen LogP contribution in [0.1, 0.15) is 72.4 Å². The lowest BCUT2D eigenvalue weighted by molar-refractivity contribution is -0.117. The van der Waals surface area contributed by atoms with Crippen LogP contribution < -0.4 is 4.90 Å². The van der Waals surface area contributed by atoms with E-state index in [0.29, 0.717) is 38.0 Å². The SMILES string of the molecule is CCCCC[C@@H](F)c1ccc(N2C(=O)CC[C@@H]2COCc2csc(C(=O)O)c2)cc1. The molecule has 162 valence electrons. The van der Waals surface area contributed by atoms with E-state index < -0.39 is 12.1 Å². The monoisotopic (exact) mass is 433 g/mol. The molecule has 1 amide bonds. The minimum atomic E-state index is -0.972. The maximum absolute atomic E-state index is 14.4. The average molecular weight is 434 g/mol. The number of carboxylic acid groups (broad SMARTS) is 1. The molecule has 30 heavy (non-hydrogen) atoms. The minimum absolute atomic E-state index is 0.0415. The highest BCUT2D eigenvalue weighted by Gasteiger charge is 2.32. The van der Waals surface area contributed by atoms with Crippen LogP contribution in [0.5, 0.6) is 0 Å². The fourth-order valence-electron chi connectivity index (χ4n) is 3.72. The lowest BCUT2D eigenvalue weighted by Gasteiger charge is -2.25. The van der Waals surface area contributed by atoms with E-state index in [-0.39, 0.29) is 16.8 Å². The normalized spacial score (nSPS) is 17.5.